The van der Waals surface area contributed by atoms with E-state index < -0.39 is 0 Å². The highest BCUT2D eigenvalue weighted by molar-refractivity contribution is 5.38. The van der Waals surface area contributed by atoms with E-state index in [-0.39, 0.29) is 0 Å². The predicted molar refractivity (Wildman–Crippen MR) is 76.9 cm³/mol. The third-order valence-corrected chi connectivity index (χ3v) is 3.58. The van der Waals surface area contributed by atoms with Crippen molar-refractivity contribution in [3.63, 3.8) is 0 Å². The molecule has 0 atom stereocenters. The molecule has 1 aliphatic rings. The van der Waals surface area contributed by atoms with Crippen LogP contribution in [0.25, 0.3) is 0 Å². The first kappa shape index (κ1) is 14.2. The molecule has 1 aliphatic heterocycles. The summed E-state index contributed by atoms with van der Waals surface area (Å²) in [5, 5.41) is 3.34. The lowest BCUT2D eigenvalue weighted by Crippen LogP contribution is -2.56. The van der Waals surface area contributed by atoms with Gasteiger partial charge in [0, 0.05) is 31.7 Å². The van der Waals surface area contributed by atoms with Crippen molar-refractivity contribution in [1.29, 1.82) is 0 Å². The second kappa shape index (κ2) is 6.78. The van der Waals surface area contributed by atoms with Crippen molar-refractivity contribution in [1.82, 2.24) is 10.2 Å². The van der Waals surface area contributed by atoms with E-state index in [1.807, 2.05) is 6.07 Å². The molecule has 1 aromatic carbocycles. The Morgan fingerprint density at radius 1 is 1.16 bits per heavy atom. The molecule has 0 saturated carbocycles. The fourth-order valence-corrected chi connectivity index (χ4v) is 2.40. The first-order chi connectivity index (χ1) is 9.26. The molecule has 0 amide bonds. The number of methoxy groups -OCH3 is 2. The lowest BCUT2D eigenvalue weighted by atomic mass is 10.1. The van der Waals surface area contributed by atoms with Crippen LogP contribution in [0.1, 0.15) is 18.9 Å². The Morgan fingerprint density at radius 2 is 1.79 bits per heavy atom. The Kier molecular flexibility index (Phi) is 5.05. The lowest BCUT2D eigenvalue weighted by Gasteiger charge is -2.38. The van der Waals surface area contributed by atoms with Crippen molar-refractivity contribution < 1.29 is 9.47 Å². The minimum atomic E-state index is 0.664. The molecule has 0 aliphatic carbocycles. The van der Waals surface area contributed by atoms with E-state index in [9.17, 15) is 0 Å². The number of rotatable bonds is 7. The van der Waals surface area contributed by atoms with E-state index in [1.165, 1.54) is 12.0 Å². The second-order valence-electron chi connectivity index (χ2n) is 5.00. The molecule has 0 unspecified atom stereocenters. The number of ether oxygens (including phenoxy) is 2. The number of hydrogen-bond donors (Lipinski definition) is 1. The minimum absolute atomic E-state index is 0.664. The molecule has 1 fully saturated rings. The van der Waals surface area contributed by atoms with Gasteiger partial charge in [-0.25, -0.2) is 0 Å². The Balaban J connectivity index is 2.10. The minimum Gasteiger partial charge on any atom is -0.497 e. The molecule has 1 saturated heterocycles. The van der Waals surface area contributed by atoms with Gasteiger partial charge in [0.1, 0.15) is 11.5 Å². The zero-order valence-electron chi connectivity index (χ0n) is 12.1. The summed E-state index contributed by atoms with van der Waals surface area (Å²) in [6.45, 7) is 6.51. The Labute approximate surface area is 115 Å². The van der Waals surface area contributed by atoms with Gasteiger partial charge in [-0.15, -0.1) is 0 Å². The number of nitrogens with one attached hydrogen (secondary N) is 1. The molecule has 0 spiro atoms. The van der Waals surface area contributed by atoms with Crippen molar-refractivity contribution in [2.24, 2.45) is 0 Å². The van der Waals surface area contributed by atoms with Gasteiger partial charge < -0.3 is 14.8 Å². The molecule has 0 radical (unpaired) electrons. The molecule has 0 bridgehead atoms. The quantitative estimate of drug-likeness (QED) is 0.815. The van der Waals surface area contributed by atoms with E-state index >= 15 is 0 Å². The van der Waals surface area contributed by atoms with Crippen molar-refractivity contribution >= 4 is 0 Å². The van der Waals surface area contributed by atoms with Crippen LogP contribution in [0.15, 0.2) is 18.2 Å². The highest BCUT2D eigenvalue weighted by Gasteiger charge is 2.24. The van der Waals surface area contributed by atoms with E-state index in [2.05, 4.69) is 29.3 Å². The Bertz CT molecular complexity index is 383. The maximum Gasteiger partial charge on any atom is 0.122 e. The third-order valence-electron chi connectivity index (χ3n) is 3.58. The fraction of sp³-hybridized carbons (Fsp3) is 0.600. The molecule has 2 rings (SSSR count). The molecule has 1 N–H and O–H groups in total. The average Bonchev–Trinajstić information content (AvgIpc) is 2.36. The normalized spacial score (nSPS) is 15.4. The van der Waals surface area contributed by atoms with Crippen molar-refractivity contribution in [2.45, 2.75) is 25.9 Å². The van der Waals surface area contributed by atoms with Crippen molar-refractivity contribution in [3.8, 4) is 11.5 Å². The first-order valence-electron chi connectivity index (χ1n) is 6.93. The molecule has 19 heavy (non-hydrogen) atoms. The van der Waals surface area contributed by atoms with Gasteiger partial charge in [0.15, 0.2) is 0 Å². The van der Waals surface area contributed by atoms with Crippen LogP contribution in [-0.2, 0) is 6.54 Å². The lowest BCUT2D eigenvalue weighted by molar-refractivity contribution is 0.137. The Morgan fingerprint density at radius 3 is 2.21 bits per heavy atom. The standard InChI is InChI=1S/C15H24N2O2/c1-4-5-17(13-9-16-10-13)11-12-6-14(18-2)8-15(7-12)19-3/h6-8,13,16H,4-5,9-11H2,1-3H3. The zero-order chi connectivity index (χ0) is 13.7. The topological polar surface area (TPSA) is 33.7 Å². The van der Waals surface area contributed by atoms with E-state index in [4.69, 9.17) is 9.47 Å². The van der Waals surface area contributed by atoms with Gasteiger partial charge in [-0.1, -0.05) is 6.92 Å². The van der Waals surface area contributed by atoms with Crippen molar-refractivity contribution in [3.05, 3.63) is 23.8 Å². The van der Waals surface area contributed by atoms with Gasteiger partial charge in [-0.05, 0) is 30.7 Å². The molecule has 4 heteroatoms. The average molecular weight is 264 g/mol. The Hall–Kier alpha value is -1.26. The van der Waals surface area contributed by atoms with Gasteiger partial charge in [-0.2, -0.15) is 0 Å². The van der Waals surface area contributed by atoms with Gasteiger partial charge >= 0.3 is 0 Å². The predicted octanol–water partition coefficient (Wildman–Crippen LogP) is 1.89. The van der Waals surface area contributed by atoms with Crippen LogP contribution >= 0.6 is 0 Å². The molecule has 0 aromatic heterocycles. The van der Waals surface area contributed by atoms with Crippen LogP contribution in [0.4, 0.5) is 0 Å². The third kappa shape index (κ3) is 3.61. The van der Waals surface area contributed by atoms with Gasteiger partial charge in [0.05, 0.1) is 14.2 Å². The number of hydrogen-bond acceptors (Lipinski definition) is 4. The summed E-state index contributed by atoms with van der Waals surface area (Å²) in [7, 11) is 3.39. The molecule has 1 heterocycles. The van der Waals surface area contributed by atoms with Crippen LogP contribution in [0.2, 0.25) is 0 Å². The molecule has 4 nitrogen and oxygen atoms in total. The van der Waals surface area contributed by atoms with E-state index in [0.29, 0.717) is 6.04 Å². The van der Waals surface area contributed by atoms with E-state index in [0.717, 1.165) is 37.7 Å². The summed E-state index contributed by atoms with van der Waals surface area (Å²) < 4.78 is 10.7. The second-order valence-corrected chi connectivity index (χ2v) is 5.00. The summed E-state index contributed by atoms with van der Waals surface area (Å²) in [6, 6.07) is 6.77. The van der Waals surface area contributed by atoms with Crippen LogP contribution in [-0.4, -0.2) is 44.8 Å². The summed E-state index contributed by atoms with van der Waals surface area (Å²) in [4.78, 5) is 2.53. The first-order valence-corrected chi connectivity index (χ1v) is 6.93. The molecule has 1 aromatic rings. The molecular weight excluding hydrogens is 240 g/mol. The van der Waals surface area contributed by atoms with Gasteiger partial charge in [0.2, 0.25) is 0 Å². The zero-order valence-corrected chi connectivity index (χ0v) is 12.1. The monoisotopic (exact) mass is 264 g/mol. The summed E-state index contributed by atoms with van der Waals surface area (Å²) >= 11 is 0. The largest absolute Gasteiger partial charge is 0.497 e. The fourth-order valence-electron chi connectivity index (χ4n) is 2.40. The SMILES string of the molecule is CCCN(Cc1cc(OC)cc(OC)c1)C1CNC1. The van der Waals surface area contributed by atoms with Crippen LogP contribution in [0.5, 0.6) is 11.5 Å². The number of nitrogens with zero attached hydrogens (tertiary/aromatic N) is 1. The summed E-state index contributed by atoms with van der Waals surface area (Å²) in [5.74, 6) is 1.72. The summed E-state index contributed by atoms with van der Waals surface area (Å²) in [5.41, 5.74) is 1.25. The molecular formula is C15H24N2O2. The number of benzene rings is 1. The van der Waals surface area contributed by atoms with Crippen LogP contribution in [0.3, 0.4) is 0 Å². The van der Waals surface area contributed by atoms with Gasteiger partial charge in [-0.3, -0.25) is 4.90 Å². The van der Waals surface area contributed by atoms with E-state index in [1.54, 1.807) is 14.2 Å². The van der Waals surface area contributed by atoms with Gasteiger partial charge in [0.25, 0.3) is 0 Å². The highest BCUT2D eigenvalue weighted by atomic mass is 16.5. The van der Waals surface area contributed by atoms with Crippen molar-refractivity contribution in [2.75, 3.05) is 33.9 Å². The van der Waals surface area contributed by atoms with Crippen LogP contribution in [0, 0.1) is 0 Å². The molecule has 106 valence electrons. The maximum atomic E-state index is 5.33. The summed E-state index contributed by atoms with van der Waals surface area (Å²) in [6.07, 6.45) is 1.18. The highest BCUT2D eigenvalue weighted by Crippen LogP contribution is 2.24. The smallest absolute Gasteiger partial charge is 0.122 e. The maximum absolute atomic E-state index is 5.33. The van der Waals surface area contributed by atoms with Crippen LogP contribution < -0.4 is 14.8 Å².